The van der Waals surface area contributed by atoms with E-state index in [9.17, 15) is 13.6 Å². The highest BCUT2D eigenvalue weighted by Crippen LogP contribution is 2.31. The van der Waals surface area contributed by atoms with Crippen LogP contribution in [0.2, 0.25) is 0 Å². The normalized spacial score (nSPS) is 10.5. The zero-order valence-corrected chi connectivity index (χ0v) is 12.8. The SMILES string of the molecule is COC(=O)Nc1ccccc1COc1ccc(C)cc1C(F)F. The largest absolute Gasteiger partial charge is 0.488 e. The van der Waals surface area contributed by atoms with Gasteiger partial charge in [0, 0.05) is 5.56 Å². The van der Waals surface area contributed by atoms with E-state index in [4.69, 9.17) is 4.74 Å². The molecule has 0 aliphatic heterocycles. The summed E-state index contributed by atoms with van der Waals surface area (Å²) in [5, 5.41) is 2.55. The van der Waals surface area contributed by atoms with Crippen molar-refractivity contribution < 1.29 is 23.0 Å². The Morgan fingerprint density at radius 1 is 1.22 bits per heavy atom. The van der Waals surface area contributed by atoms with E-state index in [1.54, 1.807) is 37.3 Å². The van der Waals surface area contributed by atoms with Crippen molar-refractivity contribution in [1.82, 2.24) is 0 Å². The van der Waals surface area contributed by atoms with Crippen LogP contribution in [0.3, 0.4) is 0 Å². The average molecular weight is 321 g/mol. The van der Waals surface area contributed by atoms with E-state index in [0.29, 0.717) is 11.3 Å². The topological polar surface area (TPSA) is 47.6 Å². The van der Waals surface area contributed by atoms with Crippen LogP contribution in [-0.2, 0) is 11.3 Å². The number of hydrogen-bond acceptors (Lipinski definition) is 3. The zero-order valence-electron chi connectivity index (χ0n) is 12.8. The highest BCUT2D eigenvalue weighted by atomic mass is 19.3. The minimum absolute atomic E-state index is 0.0446. The molecule has 2 rings (SSSR count). The first-order chi connectivity index (χ1) is 11.0. The van der Waals surface area contributed by atoms with Crippen LogP contribution in [0.15, 0.2) is 42.5 Å². The van der Waals surface area contributed by atoms with Crippen molar-refractivity contribution in [2.45, 2.75) is 20.0 Å². The number of aryl methyl sites for hydroxylation is 1. The molecule has 0 fully saturated rings. The quantitative estimate of drug-likeness (QED) is 0.869. The van der Waals surface area contributed by atoms with Crippen LogP contribution in [0.25, 0.3) is 0 Å². The molecule has 0 spiro atoms. The highest BCUT2D eigenvalue weighted by molar-refractivity contribution is 5.85. The molecule has 0 aliphatic rings. The highest BCUT2D eigenvalue weighted by Gasteiger charge is 2.15. The number of carbonyl (C=O) groups excluding carboxylic acids is 1. The Labute approximate surface area is 133 Å². The van der Waals surface area contributed by atoms with Gasteiger partial charge in [0.15, 0.2) is 0 Å². The van der Waals surface area contributed by atoms with Crippen LogP contribution in [-0.4, -0.2) is 13.2 Å². The molecule has 1 N–H and O–H groups in total. The molecule has 0 radical (unpaired) electrons. The second kappa shape index (κ2) is 7.58. The maximum absolute atomic E-state index is 13.1. The van der Waals surface area contributed by atoms with E-state index < -0.39 is 12.5 Å². The van der Waals surface area contributed by atoms with Gasteiger partial charge in [-0.3, -0.25) is 5.32 Å². The molecular formula is C17H17F2NO3. The number of anilines is 1. The molecule has 0 saturated heterocycles. The van der Waals surface area contributed by atoms with Crippen molar-refractivity contribution >= 4 is 11.8 Å². The number of halogens is 2. The first-order valence-electron chi connectivity index (χ1n) is 6.95. The van der Waals surface area contributed by atoms with Crippen LogP contribution in [0.4, 0.5) is 19.3 Å². The summed E-state index contributed by atoms with van der Waals surface area (Å²) >= 11 is 0. The van der Waals surface area contributed by atoms with Crippen molar-refractivity contribution in [2.75, 3.05) is 12.4 Å². The molecule has 0 heterocycles. The third kappa shape index (κ3) is 4.42. The number of nitrogens with one attached hydrogen (secondary N) is 1. The Bertz CT molecular complexity index is 689. The fraction of sp³-hybridized carbons (Fsp3) is 0.235. The van der Waals surface area contributed by atoms with E-state index in [1.807, 2.05) is 0 Å². The molecule has 23 heavy (non-hydrogen) atoms. The number of amides is 1. The van der Waals surface area contributed by atoms with Gasteiger partial charge in [0.2, 0.25) is 0 Å². The Hall–Kier alpha value is -2.63. The number of benzene rings is 2. The molecule has 0 aliphatic carbocycles. The lowest BCUT2D eigenvalue weighted by atomic mass is 10.1. The van der Waals surface area contributed by atoms with E-state index >= 15 is 0 Å². The third-order valence-electron chi connectivity index (χ3n) is 3.22. The summed E-state index contributed by atoms with van der Waals surface area (Å²) in [6, 6.07) is 11.6. The Kier molecular flexibility index (Phi) is 5.51. The summed E-state index contributed by atoms with van der Waals surface area (Å²) < 4.78 is 36.2. The van der Waals surface area contributed by atoms with Gasteiger partial charge in [-0.05, 0) is 25.1 Å². The predicted molar refractivity (Wildman–Crippen MR) is 82.9 cm³/mol. The van der Waals surface area contributed by atoms with Gasteiger partial charge in [-0.15, -0.1) is 0 Å². The molecule has 0 saturated carbocycles. The fourth-order valence-electron chi connectivity index (χ4n) is 2.05. The molecule has 6 heteroatoms. The van der Waals surface area contributed by atoms with Gasteiger partial charge in [-0.25, -0.2) is 13.6 Å². The Morgan fingerprint density at radius 2 is 1.96 bits per heavy atom. The number of ether oxygens (including phenoxy) is 2. The molecule has 2 aromatic carbocycles. The fourth-order valence-corrected chi connectivity index (χ4v) is 2.05. The van der Waals surface area contributed by atoms with Crippen molar-refractivity contribution in [3.05, 3.63) is 59.2 Å². The van der Waals surface area contributed by atoms with Gasteiger partial charge in [0.25, 0.3) is 6.43 Å². The van der Waals surface area contributed by atoms with Crippen LogP contribution in [0.5, 0.6) is 5.75 Å². The smallest absolute Gasteiger partial charge is 0.411 e. The van der Waals surface area contributed by atoms with Gasteiger partial charge < -0.3 is 9.47 Å². The molecule has 0 bridgehead atoms. The second-order valence-electron chi connectivity index (χ2n) is 4.90. The van der Waals surface area contributed by atoms with Crippen LogP contribution in [0, 0.1) is 6.92 Å². The molecule has 2 aromatic rings. The number of methoxy groups -OCH3 is 1. The van der Waals surface area contributed by atoms with Crippen molar-refractivity contribution in [1.29, 1.82) is 0 Å². The van der Waals surface area contributed by atoms with E-state index in [0.717, 1.165) is 5.56 Å². The van der Waals surface area contributed by atoms with Gasteiger partial charge >= 0.3 is 6.09 Å². The van der Waals surface area contributed by atoms with Gasteiger partial charge in [-0.1, -0.05) is 29.8 Å². The van der Waals surface area contributed by atoms with Crippen LogP contribution < -0.4 is 10.1 Å². The number of para-hydroxylation sites is 1. The molecule has 0 aromatic heterocycles. The monoisotopic (exact) mass is 321 g/mol. The predicted octanol–water partition coefficient (Wildman–Crippen LogP) is 4.69. The maximum Gasteiger partial charge on any atom is 0.411 e. The molecule has 1 amide bonds. The summed E-state index contributed by atoms with van der Waals surface area (Å²) in [7, 11) is 1.26. The maximum atomic E-state index is 13.1. The summed E-state index contributed by atoms with van der Waals surface area (Å²) in [5.41, 5.74) is 1.74. The summed E-state index contributed by atoms with van der Waals surface area (Å²) in [4.78, 5) is 11.3. The Balaban J connectivity index is 2.17. The standard InChI is InChI=1S/C17H17F2NO3/c1-11-7-8-15(13(9-11)16(18)19)23-10-12-5-3-4-6-14(12)20-17(21)22-2/h3-9,16H,10H2,1-2H3,(H,20,21). The second-order valence-corrected chi connectivity index (χ2v) is 4.90. The van der Waals surface area contributed by atoms with E-state index in [-0.39, 0.29) is 17.9 Å². The lowest BCUT2D eigenvalue weighted by molar-refractivity contribution is 0.144. The van der Waals surface area contributed by atoms with Crippen LogP contribution in [0.1, 0.15) is 23.1 Å². The lowest BCUT2D eigenvalue weighted by Crippen LogP contribution is -2.13. The average Bonchev–Trinajstić information content (AvgIpc) is 2.54. The number of hydrogen-bond donors (Lipinski definition) is 1. The zero-order chi connectivity index (χ0) is 16.8. The first kappa shape index (κ1) is 16.7. The van der Waals surface area contributed by atoms with Crippen molar-refractivity contribution in [3.8, 4) is 5.75 Å². The minimum atomic E-state index is -2.62. The van der Waals surface area contributed by atoms with Crippen molar-refractivity contribution in [3.63, 3.8) is 0 Å². The molecular weight excluding hydrogens is 304 g/mol. The number of rotatable bonds is 5. The minimum Gasteiger partial charge on any atom is -0.488 e. The number of carbonyl (C=O) groups is 1. The van der Waals surface area contributed by atoms with Crippen LogP contribution >= 0.6 is 0 Å². The number of alkyl halides is 2. The summed E-state index contributed by atoms with van der Waals surface area (Å²) in [6.07, 6.45) is -3.23. The van der Waals surface area contributed by atoms with Gasteiger partial charge in [0.05, 0.1) is 18.4 Å². The summed E-state index contributed by atoms with van der Waals surface area (Å²) in [6.45, 7) is 1.79. The first-order valence-corrected chi connectivity index (χ1v) is 6.95. The van der Waals surface area contributed by atoms with Crippen molar-refractivity contribution in [2.24, 2.45) is 0 Å². The summed E-state index contributed by atoms with van der Waals surface area (Å²) in [5.74, 6) is 0.124. The van der Waals surface area contributed by atoms with Gasteiger partial charge in [-0.2, -0.15) is 0 Å². The Morgan fingerprint density at radius 3 is 2.65 bits per heavy atom. The lowest BCUT2D eigenvalue weighted by Gasteiger charge is -2.14. The third-order valence-corrected chi connectivity index (χ3v) is 3.22. The van der Waals surface area contributed by atoms with E-state index in [2.05, 4.69) is 10.1 Å². The van der Waals surface area contributed by atoms with Gasteiger partial charge in [0.1, 0.15) is 12.4 Å². The molecule has 0 atom stereocenters. The van der Waals surface area contributed by atoms with E-state index in [1.165, 1.54) is 19.2 Å². The molecule has 4 nitrogen and oxygen atoms in total. The molecule has 122 valence electrons. The molecule has 0 unspecified atom stereocenters.